The van der Waals surface area contributed by atoms with Gasteiger partial charge in [-0.15, -0.1) is 0 Å². The van der Waals surface area contributed by atoms with Gasteiger partial charge in [-0.2, -0.15) is 0 Å². The predicted molar refractivity (Wildman–Crippen MR) is 81.6 cm³/mol. The van der Waals surface area contributed by atoms with E-state index in [0.29, 0.717) is 0 Å². The molecule has 2 rings (SSSR count). The Bertz CT molecular complexity index is 575. The molecule has 0 bridgehead atoms. The normalized spacial score (nSPS) is 8.36. The molecule has 0 unspecified atom stereocenters. The number of phenols is 2. The fraction of sp³-hybridized carbons (Fsp3) is 0. The van der Waals surface area contributed by atoms with Crippen LogP contribution in [0.4, 0.5) is 0 Å². The molecule has 0 fully saturated rings. The summed E-state index contributed by atoms with van der Waals surface area (Å²) in [6.45, 7) is 0. The van der Waals surface area contributed by atoms with Gasteiger partial charge >= 0.3 is 11.9 Å². The zero-order valence-corrected chi connectivity index (χ0v) is 18.1. The molecule has 6 nitrogen and oxygen atoms in total. The second-order valence-corrected chi connectivity index (χ2v) is 3.64. The van der Waals surface area contributed by atoms with Crippen LogP contribution in [0.1, 0.15) is 20.7 Å². The molecule has 6 radical (unpaired) electrons. The third-order valence-electron chi connectivity index (χ3n) is 2.27. The van der Waals surface area contributed by atoms with Crippen molar-refractivity contribution in [3.63, 3.8) is 0 Å². The van der Waals surface area contributed by atoms with Crippen molar-refractivity contribution in [2.75, 3.05) is 0 Å². The Morgan fingerprint density at radius 3 is 1.09 bits per heavy atom. The van der Waals surface area contributed by atoms with Crippen molar-refractivity contribution in [2.45, 2.75) is 0 Å². The first-order chi connectivity index (χ1) is 9.43. The molecule has 22 heavy (non-hydrogen) atoms. The number of carboxylic acids is 2. The summed E-state index contributed by atoms with van der Waals surface area (Å²) in [6.07, 6.45) is 0. The molecule has 0 saturated heterocycles. The molecule has 0 heterocycles. The third-order valence-corrected chi connectivity index (χ3v) is 2.27. The molecular formula is C14H12Bi2O6. The predicted octanol–water partition coefficient (Wildman–Crippen LogP) is 1.42. The molecule has 0 aliphatic heterocycles. The Balaban J connectivity index is 0. The summed E-state index contributed by atoms with van der Waals surface area (Å²) in [7, 11) is 0. The maximum absolute atomic E-state index is 10.3. The van der Waals surface area contributed by atoms with Gasteiger partial charge in [-0.25, -0.2) is 9.59 Å². The van der Waals surface area contributed by atoms with Crippen molar-refractivity contribution in [2.24, 2.45) is 0 Å². The van der Waals surface area contributed by atoms with Gasteiger partial charge in [0.25, 0.3) is 0 Å². The quantitative estimate of drug-likeness (QED) is 0.354. The van der Waals surface area contributed by atoms with E-state index in [1.54, 1.807) is 24.3 Å². The topological polar surface area (TPSA) is 115 Å². The molecule has 8 heteroatoms. The van der Waals surface area contributed by atoms with Crippen LogP contribution in [0.15, 0.2) is 48.5 Å². The summed E-state index contributed by atoms with van der Waals surface area (Å²) in [5.74, 6) is -2.62. The zero-order valence-electron chi connectivity index (χ0n) is 11.1. The van der Waals surface area contributed by atoms with Crippen LogP contribution < -0.4 is 0 Å². The fourth-order valence-electron chi connectivity index (χ4n) is 1.31. The molecule has 0 saturated carbocycles. The van der Waals surface area contributed by atoms with E-state index in [1.807, 2.05) is 0 Å². The second kappa shape index (κ2) is 11.3. The van der Waals surface area contributed by atoms with E-state index in [4.69, 9.17) is 20.4 Å². The molecule has 0 atom stereocenters. The number of rotatable bonds is 2. The van der Waals surface area contributed by atoms with Crippen molar-refractivity contribution in [1.82, 2.24) is 0 Å². The number of aromatic hydroxyl groups is 2. The molecule has 114 valence electrons. The van der Waals surface area contributed by atoms with Gasteiger partial charge in [0.1, 0.15) is 22.6 Å². The van der Waals surface area contributed by atoms with Crippen LogP contribution in [-0.4, -0.2) is 84.8 Å². The molecule has 2 aromatic carbocycles. The molecule has 4 N–H and O–H groups in total. The first kappa shape index (κ1) is 23.0. The van der Waals surface area contributed by atoms with E-state index in [0.717, 1.165) is 0 Å². The van der Waals surface area contributed by atoms with E-state index >= 15 is 0 Å². The van der Waals surface area contributed by atoms with E-state index < -0.39 is 11.9 Å². The van der Waals surface area contributed by atoms with Crippen molar-refractivity contribution in [1.29, 1.82) is 0 Å². The van der Waals surface area contributed by atoms with Gasteiger partial charge < -0.3 is 20.4 Å². The number of benzene rings is 2. The van der Waals surface area contributed by atoms with Crippen LogP contribution in [0.5, 0.6) is 11.5 Å². The van der Waals surface area contributed by atoms with E-state index in [9.17, 15) is 9.59 Å². The SMILES string of the molecule is O=C(O)c1ccccc1O.O=C(O)c1ccccc1O.[Bi].[Bi]. The third kappa shape index (κ3) is 7.14. The zero-order chi connectivity index (χ0) is 15.1. The number of para-hydroxylation sites is 2. The average molecular weight is 694 g/mol. The van der Waals surface area contributed by atoms with Gasteiger partial charge in [0, 0.05) is 52.4 Å². The van der Waals surface area contributed by atoms with Crippen molar-refractivity contribution < 1.29 is 30.0 Å². The number of aromatic carboxylic acids is 2. The minimum absolute atomic E-state index is 0. The summed E-state index contributed by atoms with van der Waals surface area (Å²) < 4.78 is 0. The van der Waals surface area contributed by atoms with E-state index in [-0.39, 0.29) is 75.0 Å². The first-order valence-corrected chi connectivity index (χ1v) is 5.46. The summed E-state index contributed by atoms with van der Waals surface area (Å²) in [4.78, 5) is 20.5. The number of hydrogen-bond donors (Lipinski definition) is 4. The smallest absolute Gasteiger partial charge is 0.339 e. The van der Waals surface area contributed by atoms with Gasteiger partial charge in [0.2, 0.25) is 0 Å². The second-order valence-electron chi connectivity index (χ2n) is 3.64. The van der Waals surface area contributed by atoms with Crippen LogP contribution in [0.2, 0.25) is 0 Å². The number of hydrogen-bond acceptors (Lipinski definition) is 4. The first-order valence-electron chi connectivity index (χ1n) is 5.46. The van der Waals surface area contributed by atoms with Crippen LogP contribution >= 0.6 is 0 Å². The summed E-state index contributed by atoms with van der Waals surface area (Å²) in [5, 5.41) is 34.6. The Morgan fingerprint density at radius 2 is 0.909 bits per heavy atom. The Morgan fingerprint density at radius 1 is 0.636 bits per heavy atom. The largest absolute Gasteiger partial charge is 0.507 e. The number of carboxylic acid groups (broad SMARTS) is 2. The van der Waals surface area contributed by atoms with E-state index in [1.165, 1.54) is 24.3 Å². The van der Waals surface area contributed by atoms with Crippen LogP contribution in [0.3, 0.4) is 0 Å². The van der Waals surface area contributed by atoms with Gasteiger partial charge in [-0.1, -0.05) is 24.3 Å². The summed E-state index contributed by atoms with van der Waals surface area (Å²) >= 11 is 0. The van der Waals surface area contributed by atoms with Crippen molar-refractivity contribution in [3.05, 3.63) is 59.7 Å². The Kier molecular flexibility index (Phi) is 11.9. The van der Waals surface area contributed by atoms with Crippen molar-refractivity contribution >= 4 is 64.3 Å². The van der Waals surface area contributed by atoms with Gasteiger partial charge in [0.05, 0.1) is 0 Å². The summed E-state index contributed by atoms with van der Waals surface area (Å²) in [6, 6.07) is 11.6. The average Bonchev–Trinajstić information content (AvgIpc) is 2.40. The maximum atomic E-state index is 10.3. The molecule has 0 amide bonds. The Hall–Kier alpha value is -1.25. The maximum Gasteiger partial charge on any atom is 0.339 e. The van der Waals surface area contributed by atoms with Gasteiger partial charge in [-0.05, 0) is 24.3 Å². The fourth-order valence-corrected chi connectivity index (χ4v) is 1.31. The molecule has 0 aromatic heterocycles. The molecular weight excluding hydrogens is 682 g/mol. The molecule has 2 aromatic rings. The van der Waals surface area contributed by atoms with E-state index in [2.05, 4.69) is 0 Å². The van der Waals surface area contributed by atoms with Crippen LogP contribution in [0.25, 0.3) is 0 Å². The van der Waals surface area contributed by atoms with Crippen LogP contribution in [-0.2, 0) is 0 Å². The Labute approximate surface area is 164 Å². The minimum atomic E-state index is -1.11. The monoisotopic (exact) mass is 694 g/mol. The molecule has 0 spiro atoms. The minimum Gasteiger partial charge on any atom is -0.507 e. The summed E-state index contributed by atoms with van der Waals surface area (Å²) in [5.41, 5.74) is -0.134. The van der Waals surface area contributed by atoms with Gasteiger partial charge in [-0.3, -0.25) is 0 Å². The number of carbonyl (C=O) groups is 2. The molecule has 0 aliphatic carbocycles. The standard InChI is InChI=1S/2C7H6O3.2Bi/c2*8-6-4-2-1-3-5(6)7(9)10;;/h2*1-4,8H,(H,9,10);;. The van der Waals surface area contributed by atoms with Gasteiger partial charge in [0.15, 0.2) is 0 Å². The van der Waals surface area contributed by atoms with Crippen LogP contribution in [0, 0.1) is 0 Å². The van der Waals surface area contributed by atoms with Crippen molar-refractivity contribution in [3.8, 4) is 11.5 Å². The molecule has 0 aliphatic rings.